The summed E-state index contributed by atoms with van der Waals surface area (Å²) in [4.78, 5) is 4.03. The second kappa shape index (κ2) is 5.19. The Morgan fingerprint density at radius 1 is 1.18 bits per heavy atom. The molecule has 3 heteroatoms. The van der Waals surface area contributed by atoms with Crippen LogP contribution in [0.5, 0.6) is 11.5 Å². The second-order valence-corrected chi connectivity index (χ2v) is 4.26. The number of pyridine rings is 1. The highest BCUT2D eigenvalue weighted by atomic mass is 35.5. The molecule has 0 amide bonds. The number of hydrogen-bond donors (Lipinski definition) is 0. The van der Waals surface area contributed by atoms with Gasteiger partial charge in [0.2, 0.25) is 0 Å². The molecule has 0 radical (unpaired) electrons. The van der Waals surface area contributed by atoms with Crippen molar-refractivity contribution < 1.29 is 4.74 Å². The van der Waals surface area contributed by atoms with Gasteiger partial charge in [-0.3, -0.25) is 4.98 Å². The molecule has 0 fully saturated rings. The molecule has 0 spiro atoms. The first-order chi connectivity index (χ1) is 8.20. The number of aromatic nitrogens is 1. The smallest absolute Gasteiger partial charge is 0.134 e. The van der Waals surface area contributed by atoms with Crippen LogP contribution in [0.25, 0.3) is 0 Å². The van der Waals surface area contributed by atoms with Crippen molar-refractivity contribution >= 4 is 11.6 Å². The first-order valence-electron chi connectivity index (χ1n) is 5.44. The molecule has 0 saturated carbocycles. The van der Waals surface area contributed by atoms with Gasteiger partial charge < -0.3 is 4.74 Å². The maximum atomic E-state index is 5.86. The molecule has 1 heterocycles. The monoisotopic (exact) mass is 247 g/mol. The summed E-state index contributed by atoms with van der Waals surface area (Å²) in [7, 11) is 0. The van der Waals surface area contributed by atoms with Crippen LogP contribution in [-0.2, 0) is 5.88 Å². The summed E-state index contributed by atoms with van der Waals surface area (Å²) >= 11 is 5.84. The highest BCUT2D eigenvalue weighted by molar-refractivity contribution is 6.17. The summed E-state index contributed by atoms with van der Waals surface area (Å²) in [6, 6.07) is 7.93. The summed E-state index contributed by atoms with van der Waals surface area (Å²) in [5, 5.41) is 0. The highest BCUT2D eigenvalue weighted by Gasteiger charge is 2.06. The van der Waals surface area contributed by atoms with Crippen LogP contribution in [0.3, 0.4) is 0 Å². The number of nitrogens with zero attached hydrogens (tertiary/aromatic N) is 1. The van der Waals surface area contributed by atoms with E-state index in [4.69, 9.17) is 16.3 Å². The van der Waals surface area contributed by atoms with Crippen molar-refractivity contribution in [3.63, 3.8) is 0 Å². The molecule has 0 N–H and O–H groups in total. The van der Waals surface area contributed by atoms with Gasteiger partial charge >= 0.3 is 0 Å². The molecular weight excluding hydrogens is 234 g/mol. The molecule has 0 atom stereocenters. The van der Waals surface area contributed by atoms with Gasteiger partial charge in [-0.05, 0) is 31.5 Å². The Labute approximate surface area is 106 Å². The highest BCUT2D eigenvalue weighted by Crippen LogP contribution is 2.28. The van der Waals surface area contributed by atoms with E-state index in [0.29, 0.717) is 5.88 Å². The number of rotatable bonds is 3. The molecule has 0 aliphatic heterocycles. The first kappa shape index (κ1) is 11.9. The molecule has 0 saturated heterocycles. The minimum atomic E-state index is 0.397. The number of hydrogen-bond acceptors (Lipinski definition) is 2. The number of ether oxygens (including phenoxy) is 1. The average Bonchev–Trinajstić information content (AvgIpc) is 2.33. The van der Waals surface area contributed by atoms with E-state index >= 15 is 0 Å². The molecule has 2 rings (SSSR count). The SMILES string of the molecule is Cc1ccc(Oc2ccncc2CCl)c(C)c1. The van der Waals surface area contributed by atoms with Crippen LogP contribution in [0.2, 0.25) is 0 Å². The largest absolute Gasteiger partial charge is 0.457 e. The molecule has 0 bridgehead atoms. The van der Waals surface area contributed by atoms with Crippen molar-refractivity contribution in [2.75, 3.05) is 0 Å². The number of aryl methyl sites for hydroxylation is 2. The van der Waals surface area contributed by atoms with Gasteiger partial charge in [-0.2, -0.15) is 0 Å². The number of halogens is 1. The Hall–Kier alpha value is -1.54. The Kier molecular flexibility index (Phi) is 3.64. The molecule has 88 valence electrons. The quantitative estimate of drug-likeness (QED) is 0.758. The van der Waals surface area contributed by atoms with Gasteiger partial charge in [0, 0.05) is 18.0 Å². The van der Waals surface area contributed by atoms with Gasteiger partial charge in [0.1, 0.15) is 11.5 Å². The summed E-state index contributed by atoms with van der Waals surface area (Å²) in [5.41, 5.74) is 3.23. The van der Waals surface area contributed by atoms with E-state index in [2.05, 4.69) is 18.0 Å². The van der Waals surface area contributed by atoms with Gasteiger partial charge in [0.15, 0.2) is 0 Å². The zero-order chi connectivity index (χ0) is 12.3. The molecule has 1 aromatic carbocycles. The van der Waals surface area contributed by atoms with E-state index in [0.717, 1.165) is 22.6 Å². The molecule has 17 heavy (non-hydrogen) atoms. The average molecular weight is 248 g/mol. The van der Waals surface area contributed by atoms with E-state index in [1.165, 1.54) is 5.56 Å². The van der Waals surface area contributed by atoms with Crippen molar-refractivity contribution in [2.45, 2.75) is 19.7 Å². The Morgan fingerprint density at radius 2 is 2.00 bits per heavy atom. The predicted octanol–water partition coefficient (Wildman–Crippen LogP) is 4.23. The zero-order valence-electron chi connectivity index (χ0n) is 9.90. The summed E-state index contributed by atoms with van der Waals surface area (Å²) in [5.74, 6) is 2.02. The molecule has 0 aliphatic rings. The molecule has 2 nitrogen and oxygen atoms in total. The lowest BCUT2D eigenvalue weighted by Gasteiger charge is -2.11. The number of benzene rings is 1. The molecule has 1 aromatic heterocycles. The van der Waals surface area contributed by atoms with E-state index < -0.39 is 0 Å². The van der Waals surface area contributed by atoms with Crippen LogP contribution in [0, 0.1) is 13.8 Å². The summed E-state index contributed by atoms with van der Waals surface area (Å²) in [6.45, 7) is 4.09. The van der Waals surface area contributed by atoms with Crippen LogP contribution < -0.4 is 4.74 Å². The Bertz CT molecular complexity index is 525. The number of alkyl halides is 1. The van der Waals surface area contributed by atoms with Crippen LogP contribution >= 0.6 is 11.6 Å². The lowest BCUT2D eigenvalue weighted by atomic mass is 10.1. The van der Waals surface area contributed by atoms with Crippen LogP contribution in [0.4, 0.5) is 0 Å². The van der Waals surface area contributed by atoms with Crippen molar-refractivity contribution in [1.29, 1.82) is 0 Å². The Balaban J connectivity index is 2.31. The third-order valence-electron chi connectivity index (χ3n) is 2.55. The lowest BCUT2D eigenvalue weighted by molar-refractivity contribution is 0.473. The third-order valence-corrected chi connectivity index (χ3v) is 2.84. The van der Waals surface area contributed by atoms with Gasteiger partial charge in [-0.1, -0.05) is 17.7 Å². The minimum Gasteiger partial charge on any atom is -0.457 e. The second-order valence-electron chi connectivity index (χ2n) is 3.99. The van der Waals surface area contributed by atoms with Crippen molar-refractivity contribution in [3.05, 3.63) is 53.3 Å². The topological polar surface area (TPSA) is 22.1 Å². The fourth-order valence-corrected chi connectivity index (χ4v) is 1.85. The standard InChI is InChI=1S/C14H14ClNO/c1-10-3-4-13(11(2)7-10)17-14-5-6-16-9-12(14)8-15/h3-7,9H,8H2,1-2H3. The molecule has 0 unspecified atom stereocenters. The fourth-order valence-electron chi connectivity index (χ4n) is 1.65. The Morgan fingerprint density at radius 3 is 2.71 bits per heavy atom. The van der Waals surface area contributed by atoms with E-state index in [1.807, 2.05) is 25.1 Å². The van der Waals surface area contributed by atoms with E-state index in [1.54, 1.807) is 12.4 Å². The van der Waals surface area contributed by atoms with Crippen LogP contribution in [0.1, 0.15) is 16.7 Å². The molecular formula is C14H14ClNO. The maximum absolute atomic E-state index is 5.86. The lowest BCUT2D eigenvalue weighted by Crippen LogP contribution is -1.92. The first-order valence-corrected chi connectivity index (χ1v) is 5.98. The van der Waals surface area contributed by atoms with Crippen LogP contribution in [-0.4, -0.2) is 4.98 Å². The normalized spacial score (nSPS) is 10.3. The summed E-state index contributed by atoms with van der Waals surface area (Å²) < 4.78 is 5.86. The van der Waals surface area contributed by atoms with E-state index in [9.17, 15) is 0 Å². The van der Waals surface area contributed by atoms with Crippen molar-refractivity contribution in [3.8, 4) is 11.5 Å². The van der Waals surface area contributed by atoms with Gasteiger partial charge in [0.05, 0.1) is 5.88 Å². The summed E-state index contributed by atoms with van der Waals surface area (Å²) in [6.07, 6.45) is 3.43. The molecule has 2 aromatic rings. The zero-order valence-corrected chi connectivity index (χ0v) is 10.7. The minimum absolute atomic E-state index is 0.397. The third kappa shape index (κ3) is 2.77. The van der Waals surface area contributed by atoms with E-state index in [-0.39, 0.29) is 0 Å². The maximum Gasteiger partial charge on any atom is 0.134 e. The van der Waals surface area contributed by atoms with Crippen molar-refractivity contribution in [1.82, 2.24) is 4.98 Å². The van der Waals surface area contributed by atoms with Gasteiger partial charge in [-0.25, -0.2) is 0 Å². The van der Waals surface area contributed by atoms with Crippen molar-refractivity contribution in [2.24, 2.45) is 0 Å². The fraction of sp³-hybridized carbons (Fsp3) is 0.214. The molecule has 0 aliphatic carbocycles. The van der Waals surface area contributed by atoms with Crippen LogP contribution in [0.15, 0.2) is 36.7 Å². The predicted molar refractivity (Wildman–Crippen MR) is 69.8 cm³/mol. The van der Waals surface area contributed by atoms with Gasteiger partial charge in [0.25, 0.3) is 0 Å². The van der Waals surface area contributed by atoms with Gasteiger partial charge in [-0.15, -0.1) is 11.6 Å².